The van der Waals surface area contributed by atoms with Crippen LogP contribution in [0.4, 0.5) is 11.5 Å². The summed E-state index contributed by atoms with van der Waals surface area (Å²) in [4.78, 5) is 16.8. The fraction of sp³-hybridized carbons (Fsp3) is 0.280. The van der Waals surface area contributed by atoms with Crippen molar-refractivity contribution in [1.29, 1.82) is 0 Å². The first-order valence-electron chi connectivity index (χ1n) is 10.3. The van der Waals surface area contributed by atoms with Gasteiger partial charge in [0.25, 0.3) is 5.91 Å². The standard InChI is InChI=1S/C25H27N3O/c1-18-14-21(19-8-4-2-5-9-19)16-23(15-18)27-24-13-12-22(17-26-24)28-25(29)20-10-6-3-7-11-20/h2-13,17-18,21,23H,14-16H2,1H3,(H,26,27)(H,28,29). The van der Waals surface area contributed by atoms with Crippen LogP contribution in [0.2, 0.25) is 0 Å². The summed E-state index contributed by atoms with van der Waals surface area (Å²) in [7, 11) is 0. The quantitative estimate of drug-likeness (QED) is 0.591. The molecule has 0 spiro atoms. The van der Waals surface area contributed by atoms with Crippen LogP contribution in [0.3, 0.4) is 0 Å². The predicted octanol–water partition coefficient (Wildman–Crippen LogP) is 5.72. The molecule has 4 nitrogen and oxygen atoms in total. The van der Waals surface area contributed by atoms with E-state index in [-0.39, 0.29) is 5.91 Å². The second-order valence-corrected chi connectivity index (χ2v) is 8.01. The number of nitrogens with zero attached hydrogens (tertiary/aromatic N) is 1. The van der Waals surface area contributed by atoms with E-state index in [4.69, 9.17) is 0 Å². The molecule has 2 aromatic carbocycles. The third-order valence-corrected chi connectivity index (χ3v) is 5.62. The van der Waals surface area contributed by atoms with Gasteiger partial charge >= 0.3 is 0 Å². The van der Waals surface area contributed by atoms with Crippen molar-refractivity contribution < 1.29 is 4.79 Å². The Morgan fingerprint density at radius 1 is 0.897 bits per heavy atom. The average Bonchev–Trinajstić information content (AvgIpc) is 2.76. The lowest BCUT2D eigenvalue weighted by Gasteiger charge is -2.34. The molecular formula is C25H27N3O. The molecule has 1 heterocycles. The van der Waals surface area contributed by atoms with E-state index < -0.39 is 0 Å². The Labute approximate surface area is 172 Å². The van der Waals surface area contributed by atoms with Crippen molar-refractivity contribution in [2.24, 2.45) is 5.92 Å². The van der Waals surface area contributed by atoms with E-state index in [0.29, 0.717) is 29.1 Å². The smallest absolute Gasteiger partial charge is 0.255 e. The van der Waals surface area contributed by atoms with Gasteiger partial charge in [-0.05, 0) is 60.9 Å². The van der Waals surface area contributed by atoms with Gasteiger partial charge in [-0.15, -0.1) is 0 Å². The van der Waals surface area contributed by atoms with E-state index in [1.165, 1.54) is 12.0 Å². The first-order chi connectivity index (χ1) is 14.2. The maximum Gasteiger partial charge on any atom is 0.255 e. The molecular weight excluding hydrogens is 358 g/mol. The van der Waals surface area contributed by atoms with Crippen LogP contribution in [-0.2, 0) is 0 Å². The molecule has 3 aromatic rings. The maximum atomic E-state index is 12.3. The van der Waals surface area contributed by atoms with Crippen LogP contribution in [0, 0.1) is 5.92 Å². The number of carbonyl (C=O) groups excluding carboxylic acids is 1. The number of hydrogen-bond donors (Lipinski definition) is 2. The highest BCUT2D eigenvalue weighted by Gasteiger charge is 2.27. The van der Waals surface area contributed by atoms with Gasteiger partial charge in [0.05, 0.1) is 11.9 Å². The summed E-state index contributed by atoms with van der Waals surface area (Å²) in [5.41, 5.74) is 2.76. The molecule has 0 aliphatic heterocycles. The monoisotopic (exact) mass is 385 g/mol. The van der Waals surface area contributed by atoms with Crippen LogP contribution in [-0.4, -0.2) is 16.9 Å². The Morgan fingerprint density at radius 3 is 2.31 bits per heavy atom. The first-order valence-corrected chi connectivity index (χ1v) is 10.3. The van der Waals surface area contributed by atoms with Gasteiger partial charge in [-0.25, -0.2) is 4.98 Å². The minimum Gasteiger partial charge on any atom is -0.367 e. The van der Waals surface area contributed by atoms with Crippen LogP contribution in [0.5, 0.6) is 0 Å². The molecule has 1 aromatic heterocycles. The number of anilines is 2. The van der Waals surface area contributed by atoms with Crippen LogP contribution >= 0.6 is 0 Å². The highest BCUT2D eigenvalue weighted by molar-refractivity contribution is 6.04. The van der Waals surface area contributed by atoms with E-state index in [2.05, 4.69) is 52.9 Å². The Hall–Kier alpha value is -3.14. The Balaban J connectivity index is 1.37. The normalized spacial score (nSPS) is 21.3. The third-order valence-electron chi connectivity index (χ3n) is 5.62. The number of aromatic nitrogens is 1. The largest absolute Gasteiger partial charge is 0.367 e. The van der Waals surface area contributed by atoms with Crippen molar-refractivity contribution in [2.75, 3.05) is 10.6 Å². The SMILES string of the molecule is CC1CC(Nc2ccc(NC(=O)c3ccccc3)cn2)CC(c2ccccc2)C1. The van der Waals surface area contributed by atoms with Crippen molar-refractivity contribution in [3.63, 3.8) is 0 Å². The van der Waals surface area contributed by atoms with E-state index in [9.17, 15) is 4.79 Å². The van der Waals surface area contributed by atoms with Crippen LogP contribution in [0.15, 0.2) is 79.0 Å². The summed E-state index contributed by atoms with van der Waals surface area (Å²) in [6.45, 7) is 2.33. The van der Waals surface area contributed by atoms with E-state index in [0.717, 1.165) is 18.7 Å². The molecule has 29 heavy (non-hydrogen) atoms. The topological polar surface area (TPSA) is 54.0 Å². The van der Waals surface area contributed by atoms with Gasteiger partial charge in [0.1, 0.15) is 5.82 Å². The number of hydrogen-bond acceptors (Lipinski definition) is 3. The number of nitrogens with one attached hydrogen (secondary N) is 2. The molecule has 1 fully saturated rings. The average molecular weight is 386 g/mol. The van der Waals surface area contributed by atoms with Crippen molar-refractivity contribution in [3.8, 4) is 0 Å². The minimum absolute atomic E-state index is 0.125. The lowest BCUT2D eigenvalue weighted by molar-refractivity contribution is 0.102. The zero-order valence-corrected chi connectivity index (χ0v) is 16.7. The molecule has 0 saturated heterocycles. The minimum atomic E-state index is -0.125. The Kier molecular flexibility index (Phi) is 5.89. The maximum absolute atomic E-state index is 12.3. The van der Waals surface area contributed by atoms with Crippen LogP contribution in [0.25, 0.3) is 0 Å². The molecule has 4 rings (SSSR count). The van der Waals surface area contributed by atoms with Crippen molar-refractivity contribution in [1.82, 2.24) is 4.98 Å². The van der Waals surface area contributed by atoms with E-state index >= 15 is 0 Å². The van der Waals surface area contributed by atoms with Gasteiger partial charge < -0.3 is 10.6 Å². The molecule has 3 atom stereocenters. The summed E-state index contributed by atoms with van der Waals surface area (Å²) < 4.78 is 0. The zero-order valence-electron chi connectivity index (χ0n) is 16.7. The predicted molar refractivity (Wildman–Crippen MR) is 118 cm³/mol. The lowest BCUT2D eigenvalue weighted by atomic mass is 9.76. The summed E-state index contributed by atoms with van der Waals surface area (Å²) in [5, 5.41) is 6.49. The third kappa shape index (κ3) is 5.02. The molecule has 1 amide bonds. The number of amides is 1. The molecule has 0 radical (unpaired) electrons. The number of carbonyl (C=O) groups is 1. The molecule has 3 unspecified atom stereocenters. The van der Waals surface area contributed by atoms with Gasteiger partial charge in [0.15, 0.2) is 0 Å². The molecule has 1 saturated carbocycles. The second-order valence-electron chi connectivity index (χ2n) is 8.01. The molecule has 1 aliphatic rings. The lowest BCUT2D eigenvalue weighted by Crippen LogP contribution is -2.30. The van der Waals surface area contributed by atoms with Crippen molar-refractivity contribution >= 4 is 17.4 Å². The Morgan fingerprint density at radius 2 is 1.62 bits per heavy atom. The van der Waals surface area contributed by atoms with Gasteiger partial charge in [0.2, 0.25) is 0 Å². The number of rotatable bonds is 5. The molecule has 1 aliphatic carbocycles. The Bertz CT molecular complexity index is 925. The van der Waals surface area contributed by atoms with E-state index in [1.54, 1.807) is 18.3 Å². The van der Waals surface area contributed by atoms with Crippen molar-refractivity contribution in [3.05, 3.63) is 90.1 Å². The van der Waals surface area contributed by atoms with Gasteiger partial charge in [0, 0.05) is 11.6 Å². The van der Waals surface area contributed by atoms with E-state index in [1.807, 2.05) is 30.3 Å². The molecule has 4 heteroatoms. The molecule has 2 N–H and O–H groups in total. The molecule has 0 bridgehead atoms. The first kappa shape index (κ1) is 19.2. The highest BCUT2D eigenvalue weighted by Crippen LogP contribution is 2.37. The summed E-state index contributed by atoms with van der Waals surface area (Å²) >= 11 is 0. The summed E-state index contributed by atoms with van der Waals surface area (Å²) in [5.74, 6) is 1.99. The highest BCUT2D eigenvalue weighted by atomic mass is 16.1. The van der Waals surface area contributed by atoms with Gasteiger partial charge in [-0.1, -0.05) is 55.5 Å². The van der Waals surface area contributed by atoms with Crippen LogP contribution < -0.4 is 10.6 Å². The van der Waals surface area contributed by atoms with Gasteiger partial charge in [-0.3, -0.25) is 4.79 Å². The summed E-state index contributed by atoms with van der Waals surface area (Å²) in [6, 6.07) is 24.3. The second kappa shape index (κ2) is 8.91. The fourth-order valence-electron chi connectivity index (χ4n) is 4.27. The van der Waals surface area contributed by atoms with Crippen LogP contribution in [0.1, 0.15) is 48.0 Å². The number of pyridine rings is 1. The molecule has 148 valence electrons. The summed E-state index contributed by atoms with van der Waals surface area (Å²) in [6.07, 6.45) is 5.21. The van der Waals surface area contributed by atoms with Crippen molar-refractivity contribution in [2.45, 2.75) is 38.1 Å². The fourth-order valence-corrected chi connectivity index (χ4v) is 4.27. The zero-order chi connectivity index (χ0) is 20.1. The van der Waals surface area contributed by atoms with Gasteiger partial charge in [-0.2, -0.15) is 0 Å². The number of benzene rings is 2.